The Balaban J connectivity index is 1.74. The average Bonchev–Trinajstić information content (AvgIpc) is 2.09. The van der Waals surface area contributed by atoms with Crippen LogP contribution in [0.15, 0.2) is 24.3 Å². The van der Waals surface area contributed by atoms with Gasteiger partial charge >= 0.3 is 0 Å². The van der Waals surface area contributed by atoms with E-state index in [0.717, 1.165) is 19.8 Å². The summed E-state index contributed by atoms with van der Waals surface area (Å²) in [7, 11) is 0. The molecule has 1 atom stereocenters. The summed E-state index contributed by atoms with van der Waals surface area (Å²) < 4.78 is 5.62. The van der Waals surface area contributed by atoms with Crippen molar-refractivity contribution in [3.63, 3.8) is 0 Å². The van der Waals surface area contributed by atoms with Crippen LogP contribution in [0.3, 0.4) is 0 Å². The topological polar surface area (TPSA) is 21.3 Å². The molecule has 76 valence electrons. The maximum Gasteiger partial charge on any atom is 0.0717 e. The predicted molar refractivity (Wildman–Crippen MR) is 57.2 cm³/mol. The zero-order valence-corrected chi connectivity index (χ0v) is 8.62. The highest BCUT2D eigenvalue weighted by Crippen LogP contribution is 2.07. The minimum absolute atomic E-state index is 0.597. The Morgan fingerprint density at radius 2 is 2.36 bits per heavy atom. The summed E-state index contributed by atoms with van der Waals surface area (Å²) in [6.07, 6.45) is 1.26. The summed E-state index contributed by atoms with van der Waals surface area (Å²) in [6.45, 7) is 4.84. The number of aryl methyl sites for hydroxylation is 1. The van der Waals surface area contributed by atoms with Crippen LogP contribution in [0.25, 0.3) is 0 Å². The molecule has 0 radical (unpaired) electrons. The molecule has 2 rings (SSSR count). The lowest BCUT2D eigenvalue weighted by Gasteiger charge is -2.27. The van der Waals surface area contributed by atoms with Crippen LogP contribution in [0.5, 0.6) is 0 Å². The Morgan fingerprint density at radius 3 is 3.00 bits per heavy atom. The van der Waals surface area contributed by atoms with E-state index >= 15 is 0 Å². The van der Waals surface area contributed by atoms with Gasteiger partial charge < -0.3 is 10.1 Å². The van der Waals surface area contributed by atoms with Crippen LogP contribution in [0.2, 0.25) is 0 Å². The smallest absolute Gasteiger partial charge is 0.0717 e. The molecular weight excluding hydrogens is 174 g/mol. The third-order valence-electron chi connectivity index (χ3n) is 2.60. The molecule has 1 N–H and O–H groups in total. The van der Waals surface area contributed by atoms with Gasteiger partial charge in [-0.3, -0.25) is 0 Å². The molecule has 1 aromatic rings. The highest BCUT2D eigenvalue weighted by Gasteiger charge is 2.15. The van der Waals surface area contributed by atoms with Crippen LogP contribution in [0.4, 0.5) is 0 Å². The van der Waals surface area contributed by atoms with Crippen molar-refractivity contribution < 1.29 is 4.74 Å². The molecule has 1 unspecified atom stereocenters. The van der Waals surface area contributed by atoms with E-state index in [4.69, 9.17) is 4.74 Å². The Hall–Kier alpha value is -0.860. The van der Waals surface area contributed by atoms with Gasteiger partial charge in [0, 0.05) is 6.04 Å². The molecule has 1 aliphatic rings. The van der Waals surface area contributed by atoms with E-state index in [1.807, 2.05) is 0 Å². The van der Waals surface area contributed by atoms with Gasteiger partial charge in [0.05, 0.1) is 13.2 Å². The molecular formula is C12H17NO. The van der Waals surface area contributed by atoms with Gasteiger partial charge in [-0.25, -0.2) is 0 Å². The maximum absolute atomic E-state index is 5.62. The third-order valence-corrected chi connectivity index (χ3v) is 2.60. The molecule has 1 aromatic carbocycles. The predicted octanol–water partition coefficient (Wildman–Crippen LogP) is 1.87. The van der Waals surface area contributed by atoms with Crippen molar-refractivity contribution in [1.29, 1.82) is 0 Å². The fourth-order valence-corrected chi connectivity index (χ4v) is 1.61. The fourth-order valence-electron chi connectivity index (χ4n) is 1.61. The van der Waals surface area contributed by atoms with Gasteiger partial charge in [0.25, 0.3) is 0 Å². The van der Waals surface area contributed by atoms with Crippen molar-refractivity contribution in [3.8, 4) is 0 Å². The number of ether oxygens (including phenoxy) is 1. The third kappa shape index (κ3) is 2.56. The summed E-state index contributed by atoms with van der Waals surface area (Å²) in [5.74, 6) is 0. The fraction of sp³-hybridized carbons (Fsp3) is 0.500. The molecule has 0 aliphatic carbocycles. The molecule has 1 fully saturated rings. The van der Waals surface area contributed by atoms with Gasteiger partial charge in [0.15, 0.2) is 0 Å². The molecule has 1 heterocycles. The van der Waals surface area contributed by atoms with Crippen molar-refractivity contribution in [1.82, 2.24) is 5.32 Å². The molecule has 0 bridgehead atoms. The Morgan fingerprint density at radius 1 is 1.50 bits per heavy atom. The lowest BCUT2D eigenvalue weighted by molar-refractivity contribution is 0.0807. The molecule has 0 amide bonds. The van der Waals surface area contributed by atoms with Crippen LogP contribution < -0.4 is 5.32 Å². The molecule has 14 heavy (non-hydrogen) atoms. The minimum atomic E-state index is 0.597. The van der Waals surface area contributed by atoms with Crippen molar-refractivity contribution in [3.05, 3.63) is 35.4 Å². The Bertz CT molecular complexity index is 294. The first-order valence-corrected chi connectivity index (χ1v) is 5.21. The SMILES string of the molecule is Cc1cccc(COCC2CCN2)c1. The first-order chi connectivity index (χ1) is 6.84. The van der Waals surface area contributed by atoms with E-state index in [1.54, 1.807) is 0 Å². The summed E-state index contributed by atoms with van der Waals surface area (Å²) in [5.41, 5.74) is 2.57. The first kappa shape index (κ1) is 9.69. The lowest BCUT2D eigenvalue weighted by atomic mass is 10.1. The van der Waals surface area contributed by atoms with E-state index in [1.165, 1.54) is 17.5 Å². The lowest BCUT2D eigenvalue weighted by Crippen LogP contribution is -2.45. The number of benzene rings is 1. The number of rotatable bonds is 4. The van der Waals surface area contributed by atoms with Crippen LogP contribution in [0, 0.1) is 6.92 Å². The summed E-state index contributed by atoms with van der Waals surface area (Å²) in [4.78, 5) is 0. The average molecular weight is 191 g/mol. The van der Waals surface area contributed by atoms with E-state index in [2.05, 4.69) is 36.5 Å². The zero-order valence-electron chi connectivity index (χ0n) is 8.62. The van der Waals surface area contributed by atoms with E-state index in [-0.39, 0.29) is 0 Å². The summed E-state index contributed by atoms with van der Waals surface area (Å²) in [6, 6.07) is 9.07. The highest BCUT2D eigenvalue weighted by molar-refractivity contribution is 5.21. The van der Waals surface area contributed by atoms with Gasteiger partial charge in [0.2, 0.25) is 0 Å². The highest BCUT2D eigenvalue weighted by atomic mass is 16.5. The molecule has 2 heteroatoms. The monoisotopic (exact) mass is 191 g/mol. The second-order valence-electron chi connectivity index (χ2n) is 3.94. The summed E-state index contributed by atoms with van der Waals surface area (Å²) >= 11 is 0. The maximum atomic E-state index is 5.62. The summed E-state index contributed by atoms with van der Waals surface area (Å²) in [5, 5.41) is 3.32. The van der Waals surface area contributed by atoms with Crippen molar-refractivity contribution >= 4 is 0 Å². The number of hydrogen-bond acceptors (Lipinski definition) is 2. The molecule has 1 saturated heterocycles. The second kappa shape index (κ2) is 4.58. The number of hydrogen-bond donors (Lipinski definition) is 1. The minimum Gasteiger partial charge on any atom is -0.375 e. The van der Waals surface area contributed by atoms with Crippen LogP contribution >= 0.6 is 0 Å². The standard InChI is InChI=1S/C12H17NO/c1-10-3-2-4-11(7-10)8-14-9-12-5-6-13-12/h2-4,7,12-13H,5-6,8-9H2,1H3. The Labute approximate surface area is 85.3 Å². The van der Waals surface area contributed by atoms with Crippen molar-refractivity contribution in [2.75, 3.05) is 13.2 Å². The molecule has 0 spiro atoms. The van der Waals surface area contributed by atoms with E-state index < -0.39 is 0 Å². The van der Waals surface area contributed by atoms with Crippen LogP contribution in [-0.2, 0) is 11.3 Å². The van der Waals surface area contributed by atoms with Gasteiger partial charge in [0.1, 0.15) is 0 Å². The molecule has 0 aromatic heterocycles. The molecule has 2 nitrogen and oxygen atoms in total. The van der Waals surface area contributed by atoms with Crippen LogP contribution in [-0.4, -0.2) is 19.2 Å². The second-order valence-corrected chi connectivity index (χ2v) is 3.94. The van der Waals surface area contributed by atoms with Crippen molar-refractivity contribution in [2.45, 2.75) is 26.0 Å². The van der Waals surface area contributed by atoms with E-state index in [9.17, 15) is 0 Å². The van der Waals surface area contributed by atoms with Gasteiger partial charge in [-0.1, -0.05) is 29.8 Å². The van der Waals surface area contributed by atoms with E-state index in [0.29, 0.717) is 6.04 Å². The zero-order chi connectivity index (χ0) is 9.80. The normalized spacial score (nSPS) is 20.5. The largest absolute Gasteiger partial charge is 0.375 e. The molecule has 0 saturated carbocycles. The number of nitrogens with one attached hydrogen (secondary N) is 1. The van der Waals surface area contributed by atoms with Gasteiger partial charge in [-0.05, 0) is 25.5 Å². The molecule has 1 aliphatic heterocycles. The first-order valence-electron chi connectivity index (χ1n) is 5.21. The van der Waals surface area contributed by atoms with Gasteiger partial charge in [-0.15, -0.1) is 0 Å². The van der Waals surface area contributed by atoms with Crippen LogP contribution in [0.1, 0.15) is 17.5 Å². The van der Waals surface area contributed by atoms with Crippen molar-refractivity contribution in [2.24, 2.45) is 0 Å². The quantitative estimate of drug-likeness (QED) is 0.784. The Kier molecular flexibility index (Phi) is 3.17. The van der Waals surface area contributed by atoms with Gasteiger partial charge in [-0.2, -0.15) is 0 Å².